The van der Waals surface area contributed by atoms with E-state index < -0.39 is 0 Å². The average Bonchev–Trinajstić information content (AvgIpc) is 3.07. The summed E-state index contributed by atoms with van der Waals surface area (Å²) in [5.41, 5.74) is 0.808. The van der Waals surface area contributed by atoms with Crippen LogP contribution in [0.3, 0.4) is 0 Å². The standard InChI is InChI=1S/C16H22O3/c1-18-15-4-5-16(13(8-15)9-17)19-10-14-7-11-2-3-12(14)6-11/h4-5,8,11-12,14,17H,2-3,6-7,9-10H2,1H3. The Hall–Kier alpha value is -1.22. The molecule has 0 amide bonds. The van der Waals surface area contributed by atoms with E-state index in [2.05, 4.69) is 0 Å². The molecule has 19 heavy (non-hydrogen) atoms. The first-order chi connectivity index (χ1) is 9.30. The van der Waals surface area contributed by atoms with Crippen molar-refractivity contribution in [3.63, 3.8) is 0 Å². The molecule has 0 heterocycles. The largest absolute Gasteiger partial charge is 0.497 e. The third kappa shape index (κ3) is 2.57. The fourth-order valence-electron chi connectivity index (χ4n) is 3.72. The Morgan fingerprint density at radius 1 is 1.26 bits per heavy atom. The monoisotopic (exact) mass is 262 g/mol. The zero-order valence-corrected chi connectivity index (χ0v) is 11.5. The number of hydrogen-bond donors (Lipinski definition) is 1. The summed E-state index contributed by atoms with van der Waals surface area (Å²) in [7, 11) is 1.63. The molecule has 1 N–H and O–H groups in total. The molecule has 0 aromatic heterocycles. The predicted octanol–water partition coefficient (Wildman–Crippen LogP) is 3.00. The van der Waals surface area contributed by atoms with E-state index in [1.807, 2.05) is 18.2 Å². The van der Waals surface area contributed by atoms with Crippen LogP contribution in [0.2, 0.25) is 0 Å². The average molecular weight is 262 g/mol. The highest BCUT2D eigenvalue weighted by atomic mass is 16.5. The van der Waals surface area contributed by atoms with E-state index in [1.165, 1.54) is 25.7 Å². The SMILES string of the molecule is COc1ccc(OCC2CC3CCC2C3)c(CO)c1. The number of aliphatic hydroxyl groups is 1. The molecule has 0 aliphatic heterocycles. The summed E-state index contributed by atoms with van der Waals surface area (Å²) >= 11 is 0. The van der Waals surface area contributed by atoms with E-state index in [1.54, 1.807) is 7.11 Å². The highest BCUT2D eigenvalue weighted by Crippen LogP contribution is 2.48. The van der Waals surface area contributed by atoms with Crippen LogP contribution in [0.5, 0.6) is 11.5 Å². The van der Waals surface area contributed by atoms with Crippen molar-refractivity contribution in [2.24, 2.45) is 17.8 Å². The highest BCUT2D eigenvalue weighted by molar-refractivity contribution is 5.39. The van der Waals surface area contributed by atoms with Gasteiger partial charge in [0.15, 0.2) is 0 Å². The Morgan fingerprint density at radius 2 is 2.16 bits per heavy atom. The molecule has 1 aromatic rings. The second-order valence-corrected chi connectivity index (χ2v) is 5.88. The maximum atomic E-state index is 9.40. The quantitative estimate of drug-likeness (QED) is 0.886. The molecule has 3 rings (SSSR count). The Balaban J connectivity index is 1.63. The molecule has 2 aliphatic carbocycles. The third-order valence-corrected chi connectivity index (χ3v) is 4.78. The van der Waals surface area contributed by atoms with E-state index >= 15 is 0 Å². The molecule has 3 nitrogen and oxygen atoms in total. The van der Waals surface area contributed by atoms with Crippen molar-refractivity contribution >= 4 is 0 Å². The molecule has 3 heteroatoms. The van der Waals surface area contributed by atoms with Gasteiger partial charge in [-0.05, 0) is 55.2 Å². The summed E-state index contributed by atoms with van der Waals surface area (Å²) in [6, 6.07) is 5.63. The number of fused-ring (bicyclic) bond motifs is 2. The summed E-state index contributed by atoms with van der Waals surface area (Å²) in [5.74, 6) is 4.10. The van der Waals surface area contributed by atoms with Crippen LogP contribution in [0, 0.1) is 17.8 Å². The van der Waals surface area contributed by atoms with E-state index in [0.29, 0.717) is 5.92 Å². The molecular formula is C16H22O3. The Kier molecular flexibility index (Phi) is 3.65. The van der Waals surface area contributed by atoms with Crippen LogP contribution in [0.25, 0.3) is 0 Å². The van der Waals surface area contributed by atoms with Gasteiger partial charge < -0.3 is 14.6 Å². The second-order valence-electron chi connectivity index (χ2n) is 5.88. The van der Waals surface area contributed by atoms with Crippen molar-refractivity contribution in [1.82, 2.24) is 0 Å². The van der Waals surface area contributed by atoms with Crippen LogP contribution in [0.4, 0.5) is 0 Å². The Morgan fingerprint density at radius 3 is 2.79 bits per heavy atom. The fraction of sp³-hybridized carbons (Fsp3) is 0.625. The summed E-state index contributed by atoms with van der Waals surface area (Å²) < 4.78 is 11.1. The van der Waals surface area contributed by atoms with E-state index in [-0.39, 0.29) is 6.61 Å². The van der Waals surface area contributed by atoms with Gasteiger partial charge in [-0.1, -0.05) is 6.42 Å². The zero-order chi connectivity index (χ0) is 13.2. The number of ether oxygens (including phenoxy) is 2. The van der Waals surface area contributed by atoms with Crippen LogP contribution in [-0.2, 0) is 6.61 Å². The van der Waals surface area contributed by atoms with Crippen LogP contribution in [0.1, 0.15) is 31.2 Å². The smallest absolute Gasteiger partial charge is 0.125 e. The van der Waals surface area contributed by atoms with Gasteiger partial charge in [-0.15, -0.1) is 0 Å². The first kappa shape index (κ1) is 12.8. The first-order valence-electron chi connectivity index (χ1n) is 7.20. The van der Waals surface area contributed by atoms with Crippen molar-refractivity contribution < 1.29 is 14.6 Å². The summed E-state index contributed by atoms with van der Waals surface area (Å²) in [6.45, 7) is 0.781. The molecule has 3 unspecified atom stereocenters. The van der Waals surface area contributed by atoms with Crippen molar-refractivity contribution in [2.45, 2.75) is 32.3 Å². The minimum absolute atomic E-state index is 0.0107. The minimum atomic E-state index is -0.0107. The molecule has 0 radical (unpaired) electrons. The van der Waals surface area contributed by atoms with Gasteiger partial charge in [-0.2, -0.15) is 0 Å². The first-order valence-corrected chi connectivity index (χ1v) is 7.20. The molecule has 0 saturated heterocycles. The number of methoxy groups -OCH3 is 1. The Labute approximate surface area is 114 Å². The van der Waals surface area contributed by atoms with Gasteiger partial charge in [-0.3, -0.25) is 0 Å². The molecular weight excluding hydrogens is 240 g/mol. The van der Waals surface area contributed by atoms with Crippen LogP contribution in [-0.4, -0.2) is 18.8 Å². The number of hydrogen-bond acceptors (Lipinski definition) is 3. The maximum Gasteiger partial charge on any atom is 0.125 e. The second kappa shape index (κ2) is 5.41. The fourth-order valence-corrected chi connectivity index (χ4v) is 3.72. The number of aliphatic hydroxyl groups excluding tert-OH is 1. The van der Waals surface area contributed by atoms with Crippen molar-refractivity contribution in [2.75, 3.05) is 13.7 Å². The topological polar surface area (TPSA) is 38.7 Å². The molecule has 2 saturated carbocycles. The molecule has 2 aliphatic rings. The van der Waals surface area contributed by atoms with Gasteiger partial charge in [0.2, 0.25) is 0 Å². The van der Waals surface area contributed by atoms with E-state index in [9.17, 15) is 5.11 Å². The molecule has 0 spiro atoms. The zero-order valence-electron chi connectivity index (χ0n) is 11.5. The van der Waals surface area contributed by atoms with Gasteiger partial charge in [0.05, 0.1) is 20.3 Å². The van der Waals surface area contributed by atoms with Crippen LogP contribution in [0.15, 0.2) is 18.2 Å². The molecule has 1 aromatic carbocycles. The highest BCUT2D eigenvalue weighted by Gasteiger charge is 2.39. The van der Waals surface area contributed by atoms with Crippen molar-refractivity contribution in [3.05, 3.63) is 23.8 Å². The van der Waals surface area contributed by atoms with Crippen molar-refractivity contribution in [3.8, 4) is 11.5 Å². The number of benzene rings is 1. The van der Waals surface area contributed by atoms with E-state index in [0.717, 1.165) is 35.5 Å². The van der Waals surface area contributed by atoms with Gasteiger partial charge >= 0.3 is 0 Å². The lowest BCUT2D eigenvalue weighted by molar-refractivity contribution is 0.189. The number of rotatable bonds is 5. The van der Waals surface area contributed by atoms with Gasteiger partial charge in [0.25, 0.3) is 0 Å². The maximum absolute atomic E-state index is 9.40. The third-order valence-electron chi connectivity index (χ3n) is 4.78. The van der Waals surface area contributed by atoms with Gasteiger partial charge in [-0.25, -0.2) is 0 Å². The minimum Gasteiger partial charge on any atom is -0.497 e. The van der Waals surface area contributed by atoms with E-state index in [4.69, 9.17) is 9.47 Å². The molecule has 2 fully saturated rings. The molecule has 104 valence electrons. The summed E-state index contributed by atoms with van der Waals surface area (Å²) in [5, 5.41) is 9.40. The lowest BCUT2D eigenvalue weighted by Crippen LogP contribution is -2.18. The van der Waals surface area contributed by atoms with Crippen LogP contribution >= 0.6 is 0 Å². The normalized spacial score (nSPS) is 28.6. The molecule has 3 atom stereocenters. The van der Waals surface area contributed by atoms with Crippen molar-refractivity contribution in [1.29, 1.82) is 0 Å². The molecule has 2 bridgehead atoms. The van der Waals surface area contributed by atoms with Gasteiger partial charge in [0, 0.05) is 5.56 Å². The summed E-state index contributed by atoms with van der Waals surface area (Å²) in [6.07, 6.45) is 5.54. The predicted molar refractivity (Wildman–Crippen MR) is 73.3 cm³/mol. The summed E-state index contributed by atoms with van der Waals surface area (Å²) in [4.78, 5) is 0. The Bertz CT molecular complexity index is 444. The van der Waals surface area contributed by atoms with Crippen LogP contribution < -0.4 is 9.47 Å². The lowest BCUT2D eigenvalue weighted by Gasteiger charge is -2.22. The lowest BCUT2D eigenvalue weighted by atomic mass is 9.89. The van der Waals surface area contributed by atoms with Gasteiger partial charge in [0.1, 0.15) is 11.5 Å².